The highest BCUT2D eigenvalue weighted by Crippen LogP contribution is 2.20. The molecule has 1 saturated heterocycles. The molecule has 0 radical (unpaired) electrons. The fraction of sp³-hybridized carbons (Fsp3) is 0.846. The van der Waals surface area contributed by atoms with E-state index in [1.807, 2.05) is 25.7 Å². The number of carbonyl (C=O) groups is 1. The zero-order chi connectivity index (χ0) is 13.7. The van der Waals surface area contributed by atoms with E-state index in [1.165, 1.54) is 0 Å². The van der Waals surface area contributed by atoms with Crippen LogP contribution in [-0.2, 0) is 9.53 Å². The summed E-state index contributed by atoms with van der Waals surface area (Å²) in [4.78, 5) is 14.6. The smallest absolute Gasteiger partial charge is 0.232 e. The molecule has 1 aliphatic rings. The van der Waals surface area contributed by atoms with Crippen molar-refractivity contribution in [3.05, 3.63) is 0 Å². The second-order valence-electron chi connectivity index (χ2n) is 5.13. The van der Waals surface area contributed by atoms with E-state index in [0.29, 0.717) is 18.1 Å². The zero-order valence-electron chi connectivity index (χ0n) is 11.5. The van der Waals surface area contributed by atoms with E-state index < -0.39 is 0 Å². The molecule has 5 heteroatoms. The molecule has 0 aromatic rings. The Labute approximate surface area is 115 Å². The van der Waals surface area contributed by atoms with Crippen LogP contribution in [0.3, 0.4) is 0 Å². The van der Waals surface area contributed by atoms with Gasteiger partial charge in [0.1, 0.15) is 0 Å². The molecule has 1 heterocycles. The van der Waals surface area contributed by atoms with E-state index in [2.05, 4.69) is 0 Å². The van der Waals surface area contributed by atoms with Gasteiger partial charge in [0.2, 0.25) is 5.91 Å². The van der Waals surface area contributed by atoms with Gasteiger partial charge in [0.25, 0.3) is 0 Å². The van der Waals surface area contributed by atoms with E-state index in [9.17, 15) is 4.79 Å². The lowest BCUT2D eigenvalue weighted by atomic mass is 9.93. The summed E-state index contributed by atoms with van der Waals surface area (Å²) in [7, 11) is 0. The van der Waals surface area contributed by atoms with Crippen molar-refractivity contribution in [2.45, 2.75) is 39.7 Å². The van der Waals surface area contributed by atoms with Crippen LogP contribution in [0.4, 0.5) is 0 Å². The van der Waals surface area contributed by atoms with E-state index in [-0.39, 0.29) is 23.8 Å². The summed E-state index contributed by atoms with van der Waals surface area (Å²) in [5.74, 6) is -0.148. The molecular formula is C13H24N2O2S. The molecule has 2 atom stereocenters. The number of carbonyl (C=O) groups excluding carboxylic acids is 1. The Morgan fingerprint density at radius 3 is 2.72 bits per heavy atom. The Morgan fingerprint density at radius 2 is 2.22 bits per heavy atom. The van der Waals surface area contributed by atoms with Gasteiger partial charge in [0, 0.05) is 19.7 Å². The predicted octanol–water partition coefficient (Wildman–Crippen LogP) is 1.57. The minimum atomic E-state index is -0.347. The van der Waals surface area contributed by atoms with Crippen molar-refractivity contribution in [3.8, 4) is 0 Å². The number of hydrogen-bond acceptors (Lipinski definition) is 3. The number of piperidine rings is 1. The van der Waals surface area contributed by atoms with Crippen LogP contribution >= 0.6 is 12.2 Å². The first-order valence-electron chi connectivity index (χ1n) is 6.67. The molecule has 1 rings (SSSR count). The summed E-state index contributed by atoms with van der Waals surface area (Å²) in [6, 6.07) is 0. The molecule has 0 bridgehead atoms. The number of ether oxygens (including phenoxy) is 1. The van der Waals surface area contributed by atoms with Crippen LogP contribution in [0.1, 0.15) is 33.6 Å². The third kappa shape index (κ3) is 3.92. The van der Waals surface area contributed by atoms with Crippen molar-refractivity contribution in [2.75, 3.05) is 19.7 Å². The molecule has 1 amide bonds. The molecule has 1 fully saturated rings. The van der Waals surface area contributed by atoms with Crippen LogP contribution in [0.15, 0.2) is 0 Å². The first-order valence-corrected chi connectivity index (χ1v) is 7.07. The van der Waals surface area contributed by atoms with Crippen LogP contribution in [-0.4, -0.2) is 41.6 Å². The summed E-state index contributed by atoms with van der Waals surface area (Å²) in [6.07, 6.45) is 2.17. The Hall–Kier alpha value is -0.680. The van der Waals surface area contributed by atoms with E-state index in [0.717, 1.165) is 19.4 Å². The minimum Gasteiger partial charge on any atom is -0.393 e. The van der Waals surface area contributed by atoms with E-state index in [4.69, 9.17) is 22.7 Å². The van der Waals surface area contributed by atoms with Gasteiger partial charge in [-0.1, -0.05) is 26.1 Å². The average Bonchev–Trinajstić information content (AvgIpc) is 2.28. The maximum absolute atomic E-state index is 12.4. The number of amides is 1. The highest BCUT2D eigenvalue weighted by Gasteiger charge is 2.32. The van der Waals surface area contributed by atoms with Gasteiger partial charge in [0.15, 0.2) is 0 Å². The van der Waals surface area contributed by atoms with Crippen molar-refractivity contribution >= 4 is 23.1 Å². The number of likely N-dealkylation sites (tertiary alicyclic amines) is 1. The third-order valence-corrected chi connectivity index (χ3v) is 3.59. The Balaban J connectivity index is 2.67. The molecule has 0 spiro atoms. The highest BCUT2D eigenvalue weighted by molar-refractivity contribution is 7.80. The van der Waals surface area contributed by atoms with Gasteiger partial charge in [-0.05, 0) is 25.7 Å². The quantitative estimate of drug-likeness (QED) is 0.772. The van der Waals surface area contributed by atoms with Gasteiger partial charge in [0.05, 0.1) is 17.0 Å². The Bertz CT molecular complexity index is 305. The molecule has 0 saturated carbocycles. The second-order valence-corrected chi connectivity index (χ2v) is 5.60. The van der Waals surface area contributed by atoms with Crippen molar-refractivity contribution in [1.82, 2.24) is 4.90 Å². The third-order valence-electron chi connectivity index (χ3n) is 3.33. The fourth-order valence-corrected chi connectivity index (χ4v) is 2.82. The summed E-state index contributed by atoms with van der Waals surface area (Å²) in [5.41, 5.74) is 5.69. The summed E-state index contributed by atoms with van der Waals surface area (Å²) in [5, 5.41) is 0. The molecule has 0 aromatic carbocycles. The first-order chi connectivity index (χ1) is 8.47. The SMILES string of the molecule is CCOC1CCCN(C(=O)C(C(N)=S)C(C)C)C1. The average molecular weight is 272 g/mol. The molecular weight excluding hydrogens is 248 g/mol. The summed E-state index contributed by atoms with van der Waals surface area (Å²) >= 11 is 5.02. The molecule has 104 valence electrons. The molecule has 1 aliphatic heterocycles. The lowest BCUT2D eigenvalue weighted by Gasteiger charge is -2.35. The topological polar surface area (TPSA) is 55.6 Å². The molecule has 4 nitrogen and oxygen atoms in total. The number of rotatable bonds is 5. The van der Waals surface area contributed by atoms with Gasteiger partial charge >= 0.3 is 0 Å². The number of nitrogens with two attached hydrogens (primary N) is 1. The van der Waals surface area contributed by atoms with Gasteiger partial charge in [-0.2, -0.15) is 0 Å². The summed E-state index contributed by atoms with van der Waals surface area (Å²) < 4.78 is 5.61. The molecule has 2 unspecified atom stereocenters. The van der Waals surface area contributed by atoms with Crippen LogP contribution < -0.4 is 5.73 Å². The first kappa shape index (κ1) is 15.4. The van der Waals surface area contributed by atoms with E-state index >= 15 is 0 Å². The van der Waals surface area contributed by atoms with E-state index in [1.54, 1.807) is 0 Å². The van der Waals surface area contributed by atoms with Crippen LogP contribution in [0.25, 0.3) is 0 Å². The van der Waals surface area contributed by atoms with Crippen LogP contribution in [0.2, 0.25) is 0 Å². The van der Waals surface area contributed by atoms with Crippen LogP contribution in [0.5, 0.6) is 0 Å². The lowest BCUT2D eigenvalue weighted by Crippen LogP contribution is -2.49. The molecule has 18 heavy (non-hydrogen) atoms. The van der Waals surface area contributed by atoms with Crippen molar-refractivity contribution < 1.29 is 9.53 Å². The molecule has 0 aromatic heterocycles. The van der Waals surface area contributed by atoms with Crippen molar-refractivity contribution in [3.63, 3.8) is 0 Å². The standard InChI is InChI=1S/C13H24N2O2S/c1-4-17-10-6-5-7-15(8-10)13(16)11(9(2)3)12(14)18/h9-11H,4-8H2,1-3H3,(H2,14,18). The van der Waals surface area contributed by atoms with Crippen LogP contribution in [0, 0.1) is 11.8 Å². The minimum absolute atomic E-state index is 0.0573. The van der Waals surface area contributed by atoms with Crippen molar-refractivity contribution in [2.24, 2.45) is 17.6 Å². The maximum Gasteiger partial charge on any atom is 0.232 e. The van der Waals surface area contributed by atoms with Gasteiger partial charge < -0.3 is 15.4 Å². The van der Waals surface area contributed by atoms with Crippen molar-refractivity contribution in [1.29, 1.82) is 0 Å². The molecule has 0 aliphatic carbocycles. The van der Waals surface area contributed by atoms with Gasteiger partial charge in [-0.15, -0.1) is 0 Å². The van der Waals surface area contributed by atoms with Gasteiger partial charge in [-0.3, -0.25) is 4.79 Å². The monoisotopic (exact) mass is 272 g/mol. The predicted molar refractivity (Wildman–Crippen MR) is 76.3 cm³/mol. The number of hydrogen-bond donors (Lipinski definition) is 1. The normalized spacial score (nSPS) is 22.0. The molecule has 2 N–H and O–H groups in total. The Kier molecular flexibility index (Phi) is 6.02. The Morgan fingerprint density at radius 1 is 1.56 bits per heavy atom. The highest BCUT2D eigenvalue weighted by atomic mass is 32.1. The van der Waals surface area contributed by atoms with Gasteiger partial charge in [-0.25, -0.2) is 0 Å². The lowest BCUT2D eigenvalue weighted by molar-refractivity contribution is -0.138. The summed E-state index contributed by atoms with van der Waals surface area (Å²) in [6.45, 7) is 8.08. The largest absolute Gasteiger partial charge is 0.393 e. The maximum atomic E-state index is 12.4. The number of nitrogens with zero attached hydrogens (tertiary/aromatic N) is 1. The number of thiocarbonyl (C=S) groups is 1. The second kappa shape index (κ2) is 7.04. The zero-order valence-corrected chi connectivity index (χ0v) is 12.3. The fourth-order valence-electron chi connectivity index (χ4n) is 2.44.